The van der Waals surface area contributed by atoms with Crippen LogP contribution in [0.3, 0.4) is 0 Å². The van der Waals surface area contributed by atoms with Gasteiger partial charge in [-0.25, -0.2) is 0 Å². The molecule has 2 unspecified atom stereocenters. The Morgan fingerprint density at radius 2 is 1.21 bits per heavy atom. The maximum Gasteiger partial charge on any atom is 0.308 e. The van der Waals surface area contributed by atoms with Crippen molar-refractivity contribution in [2.45, 2.75) is 13.1 Å². The molecule has 1 fully saturated rings. The van der Waals surface area contributed by atoms with Gasteiger partial charge in [0.15, 0.2) is 0 Å². The number of rotatable bonds is 10. The van der Waals surface area contributed by atoms with Crippen molar-refractivity contribution in [3.63, 3.8) is 0 Å². The average Bonchev–Trinajstić information content (AvgIpc) is 2.85. The van der Waals surface area contributed by atoms with E-state index in [0.29, 0.717) is 22.6 Å². The van der Waals surface area contributed by atoms with Gasteiger partial charge in [-0.2, -0.15) is 0 Å². The molecule has 0 aliphatic heterocycles. The van der Waals surface area contributed by atoms with Gasteiger partial charge in [-0.15, -0.1) is 0 Å². The van der Waals surface area contributed by atoms with E-state index in [-0.39, 0.29) is 18.1 Å². The summed E-state index contributed by atoms with van der Waals surface area (Å²) in [5.74, 6) is -10.9. The standard InChI is InChI=1S/C28H24ClNO8/c29-20-13-19(38-18-9-5-2-6-10-18)12-11-17(20)15-30(14-16-7-3-1-4-8-16)25(31)21-22(26(32)33)24(28(36)37)23(21)27(34)35/h1-13,21-24H,14-15H2,(H,32,33)(H,34,35)(H,36,37). The topological polar surface area (TPSA) is 141 Å². The van der Waals surface area contributed by atoms with Crippen LogP contribution in [0.2, 0.25) is 5.02 Å². The summed E-state index contributed by atoms with van der Waals surface area (Å²) in [6.07, 6.45) is 0. The SMILES string of the molecule is O=C(O)C1C(C(=O)O)C(C(=O)N(Cc2ccccc2)Cc2ccc(Oc3ccccc3)cc2Cl)C1C(=O)O. The molecule has 196 valence electrons. The monoisotopic (exact) mass is 537 g/mol. The lowest BCUT2D eigenvalue weighted by atomic mass is 9.56. The largest absolute Gasteiger partial charge is 0.481 e. The smallest absolute Gasteiger partial charge is 0.308 e. The first kappa shape index (κ1) is 26.7. The first-order chi connectivity index (χ1) is 18.2. The van der Waals surface area contributed by atoms with E-state index >= 15 is 0 Å². The third-order valence-corrected chi connectivity index (χ3v) is 6.93. The van der Waals surface area contributed by atoms with Gasteiger partial charge in [0.1, 0.15) is 11.5 Å². The lowest BCUT2D eigenvalue weighted by molar-refractivity contribution is -0.190. The van der Waals surface area contributed by atoms with E-state index < -0.39 is 47.5 Å². The van der Waals surface area contributed by atoms with Crippen molar-refractivity contribution in [2.24, 2.45) is 23.7 Å². The molecule has 1 saturated carbocycles. The summed E-state index contributed by atoms with van der Waals surface area (Å²) >= 11 is 6.51. The summed E-state index contributed by atoms with van der Waals surface area (Å²) in [4.78, 5) is 50.5. The molecule has 1 amide bonds. The number of ether oxygens (including phenoxy) is 1. The molecule has 0 spiro atoms. The zero-order chi connectivity index (χ0) is 27.4. The molecule has 1 aliphatic rings. The number of carbonyl (C=O) groups is 4. The zero-order valence-corrected chi connectivity index (χ0v) is 20.7. The van der Waals surface area contributed by atoms with Crippen LogP contribution in [0.4, 0.5) is 0 Å². The molecule has 2 atom stereocenters. The van der Waals surface area contributed by atoms with Gasteiger partial charge in [-0.1, -0.05) is 66.2 Å². The molecule has 0 radical (unpaired) electrons. The van der Waals surface area contributed by atoms with E-state index in [2.05, 4.69) is 0 Å². The highest BCUT2D eigenvalue weighted by molar-refractivity contribution is 6.31. The number of halogens is 1. The summed E-state index contributed by atoms with van der Waals surface area (Å²) in [5, 5.41) is 29.1. The van der Waals surface area contributed by atoms with Crippen molar-refractivity contribution in [3.05, 3.63) is 95.0 Å². The van der Waals surface area contributed by atoms with Crippen LogP contribution in [0.5, 0.6) is 11.5 Å². The number of amides is 1. The Hall–Kier alpha value is -4.37. The third kappa shape index (κ3) is 5.63. The van der Waals surface area contributed by atoms with Gasteiger partial charge >= 0.3 is 17.9 Å². The molecule has 0 bridgehead atoms. The van der Waals surface area contributed by atoms with Crippen LogP contribution in [-0.2, 0) is 32.3 Å². The summed E-state index contributed by atoms with van der Waals surface area (Å²) in [5.41, 5.74) is 1.23. The highest BCUT2D eigenvalue weighted by Gasteiger charge is 2.64. The van der Waals surface area contributed by atoms with Crippen molar-refractivity contribution < 1.29 is 39.2 Å². The Balaban J connectivity index is 1.63. The third-order valence-electron chi connectivity index (χ3n) is 6.58. The van der Waals surface area contributed by atoms with Crippen LogP contribution in [0.1, 0.15) is 11.1 Å². The molecule has 0 aromatic heterocycles. The Kier molecular flexibility index (Phi) is 7.97. The van der Waals surface area contributed by atoms with E-state index in [0.717, 1.165) is 0 Å². The second kappa shape index (κ2) is 11.4. The minimum atomic E-state index is -1.71. The van der Waals surface area contributed by atoms with Gasteiger partial charge in [0.25, 0.3) is 0 Å². The normalized spacial score (nSPS) is 20.1. The lowest BCUT2D eigenvalue weighted by Gasteiger charge is -2.45. The van der Waals surface area contributed by atoms with Crippen molar-refractivity contribution in [1.29, 1.82) is 0 Å². The van der Waals surface area contributed by atoms with Crippen LogP contribution in [0, 0.1) is 23.7 Å². The van der Waals surface area contributed by atoms with Crippen LogP contribution < -0.4 is 4.74 Å². The van der Waals surface area contributed by atoms with Gasteiger partial charge in [0.05, 0.1) is 23.7 Å². The fraction of sp³-hybridized carbons (Fsp3) is 0.214. The van der Waals surface area contributed by atoms with Crippen molar-refractivity contribution in [3.8, 4) is 11.5 Å². The Morgan fingerprint density at radius 1 is 0.684 bits per heavy atom. The maximum atomic E-state index is 13.7. The number of hydrogen-bond acceptors (Lipinski definition) is 5. The molecule has 9 nitrogen and oxygen atoms in total. The number of carbonyl (C=O) groups excluding carboxylic acids is 1. The van der Waals surface area contributed by atoms with Crippen molar-refractivity contribution in [1.82, 2.24) is 4.90 Å². The van der Waals surface area contributed by atoms with Crippen LogP contribution in [0.25, 0.3) is 0 Å². The highest BCUT2D eigenvalue weighted by atomic mass is 35.5. The minimum absolute atomic E-state index is 0.0329. The molecular formula is C28H24ClNO8. The second-order valence-corrected chi connectivity index (χ2v) is 9.37. The number of carboxylic acids is 3. The van der Waals surface area contributed by atoms with E-state index in [1.54, 1.807) is 60.7 Å². The van der Waals surface area contributed by atoms with Gasteiger partial charge in [-0.3, -0.25) is 19.2 Å². The number of para-hydroxylation sites is 1. The Bertz CT molecular complexity index is 1330. The minimum Gasteiger partial charge on any atom is -0.481 e. The number of benzene rings is 3. The molecule has 10 heteroatoms. The number of hydrogen-bond donors (Lipinski definition) is 3. The second-order valence-electron chi connectivity index (χ2n) is 8.97. The Labute approximate surface area is 222 Å². The summed E-state index contributed by atoms with van der Waals surface area (Å²) < 4.78 is 5.79. The predicted molar refractivity (Wildman–Crippen MR) is 136 cm³/mol. The lowest BCUT2D eigenvalue weighted by Crippen LogP contribution is -2.62. The van der Waals surface area contributed by atoms with Crippen molar-refractivity contribution in [2.75, 3.05) is 0 Å². The van der Waals surface area contributed by atoms with Gasteiger partial charge in [0.2, 0.25) is 5.91 Å². The number of aliphatic carboxylic acids is 3. The van der Waals surface area contributed by atoms with E-state index in [1.165, 1.54) is 4.90 Å². The molecule has 3 N–H and O–H groups in total. The maximum absolute atomic E-state index is 13.7. The van der Waals surface area contributed by atoms with Crippen LogP contribution in [-0.4, -0.2) is 44.0 Å². The number of carboxylic acid groups (broad SMARTS) is 3. The first-order valence-electron chi connectivity index (χ1n) is 11.7. The molecule has 0 saturated heterocycles. The molecule has 3 aromatic carbocycles. The van der Waals surface area contributed by atoms with Gasteiger partial charge < -0.3 is 25.0 Å². The van der Waals surface area contributed by atoms with Crippen LogP contribution in [0.15, 0.2) is 78.9 Å². The van der Waals surface area contributed by atoms with E-state index in [9.17, 15) is 34.5 Å². The first-order valence-corrected chi connectivity index (χ1v) is 12.1. The van der Waals surface area contributed by atoms with E-state index in [4.69, 9.17) is 16.3 Å². The van der Waals surface area contributed by atoms with E-state index in [1.807, 2.05) is 18.2 Å². The molecule has 3 aromatic rings. The molecule has 1 aliphatic carbocycles. The summed E-state index contributed by atoms with van der Waals surface area (Å²) in [7, 11) is 0. The zero-order valence-electron chi connectivity index (χ0n) is 19.9. The highest BCUT2D eigenvalue weighted by Crippen LogP contribution is 2.48. The van der Waals surface area contributed by atoms with Crippen LogP contribution >= 0.6 is 11.6 Å². The quantitative estimate of drug-likeness (QED) is 0.345. The van der Waals surface area contributed by atoms with Crippen molar-refractivity contribution >= 4 is 35.4 Å². The molecular weight excluding hydrogens is 514 g/mol. The summed E-state index contributed by atoms with van der Waals surface area (Å²) in [6.45, 7) is -0.0315. The average molecular weight is 538 g/mol. The predicted octanol–water partition coefficient (Wildman–Crippen LogP) is 4.39. The fourth-order valence-electron chi connectivity index (χ4n) is 4.75. The van der Waals surface area contributed by atoms with Gasteiger partial charge in [0, 0.05) is 18.1 Å². The summed E-state index contributed by atoms with van der Waals surface area (Å²) in [6, 6.07) is 22.8. The number of nitrogens with zero attached hydrogens (tertiary/aromatic N) is 1. The van der Waals surface area contributed by atoms with Gasteiger partial charge in [-0.05, 0) is 35.4 Å². The fourth-order valence-corrected chi connectivity index (χ4v) is 4.98. The Morgan fingerprint density at radius 3 is 1.74 bits per heavy atom. The molecule has 4 rings (SSSR count). The molecule has 0 heterocycles. The molecule has 38 heavy (non-hydrogen) atoms.